The van der Waals surface area contributed by atoms with Gasteiger partial charge in [0, 0.05) is 13.1 Å². The van der Waals surface area contributed by atoms with Crippen molar-refractivity contribution >= 4 is 22.9 Å². The number of hydrogen-bond donors (Lipinski definition) is 1. The molecule has 1 aromatic carbocycles. The van der Waals surface area contributed by atoms with Gasteiger partial charge in [0.05, 0.1) is 17.0 Å². The van der Waals surface area contributed by atoms with Crippen molar-refractivity contribution in [1.82, 2.24) is 14.5 Å². The van der Waals surface area contributed by atoms with Crippen molar-refractivity contribution in [2.75, 3.05) is 13.1 Å². The topological polar surface area (TPSA) is 75.4 Å². The number of carboxylic acid groups (broad SMARTS) is 1. The Morgan fingerprint density at radius 3 is 2.91 bits per heavy atom. The van der Waals surface area contributed by atoms with Crippen molar-refractivity contribution in [3.05, 3.63) is 30.1 Å². The van der Waals surface area contributed by atoms with E-state index in [9.17, 15) is 9.59 Å². The van der Waals surface area contributed by atoms with Gasteiger partial charge in [-0.2, -0.15) is 0 Å². The van der Waals surface area contributed by atoms with E-state index in [-0.39, 0.29) is 12.5 Å². The van der Waals surface area contributed by atoms with E-state index in [4.69, 9.17) is 5.11 Å². The Hall–Kier alpha value is -2.37. The van der Waals surface area contributed by atoms with E-state index in [1.807, 2.05) is 35.8 Å². The minimum absolute atomic E-state index is 0.0443. The number of benzene rings is 1. The Morgan fingerprint density at radius 1 is 1.36 bits per heavy atom. The number of aromatic nitrogens is 2. The van der Waals surface area contributed by atoms with Gasteiger partial charge >= 0.3 is 5.97 Å². The van der Waals surface area contributed by atoms with Crippen LogP contribution in [0.5, 0.6) is 0 Å². The zero-order chi connectivity index (χ0) is 15.7. The number of aliphatic carboxylic acids is 1. The third-order valence-corrected chi connectivity index (χ3v) is 4.26. The van der Waals surface area contributed by atoms with Crippen LogP contribution >= 0.6 is 0 Å². The third-order valence-electron chi connectivity index (χ3n) is 4.26. The molecule has 1 fully saturated rings. The van der Waals surface area contributed by atoms with E-state index in [1.165, 1.54) is 0 Å². The molecule has 1 amide bonds. The lowest BCUT2D eigenvalue weighted by Crippen LogP contribution is -2.43. The molecule has 0 aliphatic carbocycles. The molecule has 1 saturated heterocycles. The van der Waals surface area contributed by atoms with Crippen molar-refractivity contribution in [2.45, 2.75) is 26.3 Å². The number of fused-ring (bicyclic) bond motifs is 1. The number of carbonyl (C=O) groups excluding carboxylic acids is 1. The predicted molar refractivity (Wildman–Crippen MR) is 81.4 cm³/mol. The molecule has 0 radical (unpaired) electrons. The molecule has 2 heterocycles. The fraction of sp³-hybridized carbons (Fsp3) is 0.438. The summed E-state index contributed by atoms with van der Waals surface area (Å²) in [5, 5.41) is 9.13. The molecule has 0 bridgehead atoms. The van der Waals surface area contributed by atoms with Gasteiger partial charge in [0.2, 0.25) is 5.91 Å². The SMILES string of the molecule is Cc1nc2ccccc2n1CC(=O)N1CCCC(C(=O)O)C1. The molecule has 0 saturated carbocycles. The Bertz CT molecular complexity index is 722. The lowest BCUT2D eigenvalue weighted by atomic mass is 9.98. The molecule has 6 heteroatoms. The zero-order valence-corrected chi connectivity index (χ0v) is 12.5. The first-order valence-corrected chi connectivity index (χ1v) is 7.48. The number of likely N-dealkylation sites (tertiary alicyclic amines) is 1. The first kappa shape index (κ1) is 14.6. The molecular weight excluding hydrogens is 282 g/mol. The standard InChI is InChI=1S/C16H19N3O3/c1-11-17-13-6-2-3-7-14(13)19(11)10-15(20)18-8-4-5-12(9-18)16(21)22/h2-3,6-7,12H,4-5,8-10H2,1H3,(H,21,22). The number of nitrogens with zero attached hydrogens (tertiary/aromatic N) is 3. The average molecular weight is 301 g/mol. The number of aryl methyl sites for hydroxylation is 1. The highest BCUT2D eigenvalue weighted by molar-refractivity contribution is 5.81. The van der Waals surface area contributed by atoms with Crippen LogP contribution in [0.1, 0.15) is 18.7 Å². The van der Waals surface area contributed by atoms with Gasteiger partial charge in [0.15, 0.2) is 0 Å². The second-order valence-electron chi connectivity index (χ2n) is 5.75. The molecular formula is C16H19N3O3. The number of piperidine rings is 1. The van der Waals surface area contributed by atoms with Crippen LogP contribution in [0, 0.1) is 12.8 Å². The van der Waals surface area contributed by atoms with Crippen molar-refractivity contribution in [2.24, 2.45) is 5.92 Å². The maximum Gasteiger partial charge on any atom is 0.308 e. The minimum atomic E-state index is -0.818. The van der Waals surface area contributed by atoms with Gasteiger partial charge in [0.25, 0.3) is 0 Å². The number of para-hydroxylation sites is 2. The molecule has 1 atom stereocenters. The number of imidazole rings is 1. The van der Waals surface area contributed by atoms with Gasteiger partial charge in [-0.05, 0) is 31.9 Å². The van der Waals surface area contributed by atoms with Crippen LogP contribution in [0.25, 0.3) is 11.0 Å². The van der Waals surface area contributed by atoms with Crippen molar-refractivity contribution < 1.29 is 14.7 Å². The summed E-state index contributed by atoms with van der Waals surface area (Å²) >= 11 is 0. The highest BCUT2D eigenvalue weighted by atomic mass is 16.4. The van der Waals surface area contributed by atoms with Gasteiger partial charge in [-0.3, -0.25) is 9.59 Å². The van der Waals surface area contributed by atoms with Crippen molar-refractivity contribution in [1.29, 1.82) is 0 Å². The fourth-order valence-corrected chi connectivity index (χ4v) is 3.04. The van der Waals surface area contributed by atoms with E-state index in [1.54, 1.807) is 4.90 Å². The Kier molecular flexibility index (Phi) is 3.83. The number of carbonyl (C=O) groups is 2. The van der Waals surface area contributed by atoms with Crippen molar-refractivity contribution in [3.8, 4) is 0 Å². The smallest absolute Gasteiger partial charge is 0.308 e. The lowest BCUT2D eigenvalue weighted by molar-refractivity contribution is -0.145. The van der Waals surface area contributed by atoms with Crippen LogP contribution < -0.4 is 0 Å². The molecule has 1 unspecified atom stereocenters. The molecule has 3 rings (SSSR count). The number of carboxylic acids is 1. The van der Waals surface area contributed by atoms with Crippen LogP contribution in [0.3, 0.4) is 0 Å². The van der Waals surface area contributed by atoms with Gasteiger partial charge < -0.3 is 14.6 Å². The molecule has 116 valence electrons. The van der Waals surface area contributed by atoms with Crippen LogP contribution in [0.2, 0.25) is 0 Å². The molecule has 1 N–H and O–H groups in total. The number of rotatable bonds is 3. The maximum atomic E-state index is 12.5. The van der Waals surface area contributed by atoms with Crippen LogP contribution in [0.4, 0.5) is 0 Å². The van der Waals surface area contributed by atoms with E-state index in [0.717, 1.165) is 23.3 Å². The summed E-state index contributed by atoms with van der Waals surface area (Å²) in [7, 11) is 0. The average Bonchev–Trinajstić information content (AvgIpc) is 2.83. The quantitative estimate of drug-likeness (QED) is 0.935. The normalized spacial score (nSPS) is 18.6. The summed E-state index contributed by atoms with van der Waals surface area (Å²) in [5.74, 6) is -0.515. The van der Waals surface area contributed by atoms with Crippen LogP contribution in [-0.2, 0) is 16.1 Å². The minimum Gasteiger partial charge on any atom is -0.481 e. The molecule has 1 aliphatic rings. The summed E-state index contributed by atoms with van der Waals surface area (Å²) in [5.41, 5.74) is 1.80. The van der Waals surface area contributed by atoms with E-state index in [2.05, 4.69) is 4.98 Å². The molecule has 2 aromatic rings. The largest absolute Gasteiger partial charge is 0.481 e. The molecule has 22 heavy (non-hydrogen) atoms. The fourth-order valence-electron chi connectivity index (χ4n) is 3.04. The summed E-state index contributed by atoms with van der Waals surface area (Å²) in [4.78, 5) is 29.7. The Balaban J connectivity index is 1.78. The summed E-state index contributed by atoms with van der Waals surface area (Å²) in [6.45, 7) is 3.02. The maximum absolute atomic E-state index is 12.5. The second kappa shape index (κ2) is 5.79. The monoisotopic (exact) mass is 301 g/mol. The summed E-state index contributed by atoms with van der Waals surface area (Å²) in [6, 6.07) is 7.71. The second-order valence-corrected chi connectivity index (χ2v) is 5.75. The summed E-state index contributed by atoms with van der Waals surface area (Å²) in [6.07, 6.45) is 1.39. The number of amides is 1. The van der Waals surface area contributed by atoms with E-state index >= 15 is 0 Å². The molecule has 6 nitrogen and oxygen atoms in total. The van der Waals surface area contributed by atoms with E-state index < -0.39 is 11.9 Å². The van der Waals surface area contributed by atoms with Gasteiger partial charge in [-0.15, -0.1) is 0 Å². The van der Waals surface area contributed by atoms with Gasteiger partial charge in [0.1, 0.15) is 12.4 Å². The first-order valence-electron chi connectivity index (χ1n) is 7.48. The third kappa shape index (κ3) is 2.68. The molecule has 1 aromatic heterocycles. The zero-order valence-electron chi connectivity index (χ0n) is 12.5. The van der Waals surface area contributed by atoms with Gasteiger partial charge in [-0.25, -0.2) is 4.98 Å². The predicted octanol–water partition coefficient (Wildman–Crippen LogP) is 1.67. The van der Waals surface area contributed by atoms with Crippen LogP contribution in [0.15, 0.2) is 24.3 Å². The van der Waals surface area contributed by atoms with Crippen molar-refractivity contribution in [3.63, 3.8) is 0 Å². The first-order chi connectivity index (χ1) is 10.6. The van der Waals surface area contributed by atoms with E-state index in [0.29, 0.717) is 19.5 Å². The Labute approximate surface area is 128 Å². The number of hydrogen-bond acceptors (Lipinski definition) is 3. The molecule has 0 spiro atoms. The summed E-state index contributed by atoms with van der Waals surface area (Å²) < 4.78 is 1.89. The van der Waals surface area contributed by atoms with Gasteiger partial charge in [-0.1, -0.05) is 12.1 Å². The lowest BCUT2D eigenvalue weighted by Gasteiger charge is -2.31. The van der Waals surface area contributed by atoms with Crippen LogP contribution in [-0.4, -0.2) is 44.5 Å². The highest BCUT2D eigenvalue weighted by Crippen LogP contribution is 2.19. The molecule has 1 aliphatic heterocycles. The highest BCUT2D eigenvalue weighted by Gasteiger charge is 2.28. The Morgan fingerprint density at radius 2 is 2.14 bits per heavy atom.